The van der Waals surface area contributed by atoms with Crippen LogP contribution in [0.3, 0.4) is 0 Å². The summed E-state index contributed by atoms with van der Waals surface area (Å²) in [6.45, 7) is 6.23. The number of hydrogen-bond donors (Lipinski definition) is 2. The van der Waals surface area contributed by atoms with Crippen LogP contribution in [0, 0.1) is 0 Å². The lowest BCUT2D eigenvalue weighted by molar-refractivity contribution is -0.142. The molecule has 110 valence electrons. The van der Waals surface area contributed by atoms with Crippen molar-refractivity contribution < 1.29 is 14.6 Å². The van der Waals surface area contributed by atoms with E-state index in [1.807, 2.05) is 24.3 Å². The highest BCUT2D eigenvalue weighted by atomic mass is 16.5. The van der Waals surface area contributed by atoms with E-state index in [2.05, 4.69) is 23.6 Å². The molecule has 1 aromatic carbocycles. The molecule has 0 aromatic heterocycles. The van der Waals surface area contributed by atoms with Gasteiger partial charge in [-0.05, 0) is 17.5 Å². The number of aliphatic hydroxyl groups excluding tert-OH is 1. The van der Waals surface area contributed by atoms with E-state index in [1.54, 1.807) is 6.08 Å². The van der Waals surface area contributed by atoms with Gasteiger partial charge in [0.05, 0.1) is 19.6 Å². The predicted octanol–water partition coefficient (Wildman–Crippen LogP) is 1.99. The van der Waals surface area contributed by atoms with E-state index >= 15 is 0 Å². The van der Waals surface area contributed by atoms with Crippen molar-refractivity contribution in [3.8, 4) is 0 Å². The maximum atomic E-state index is 11.4. The maximum absolute atomic E-state index is 11.4. The highest BCUT2D eigenvalue weighted by Gasteiger charge is 2.23. The van der Waals surface area contributed by atoms with Crippen LogP contribution < -0.4 is 5.32 Å². The molecule has 0 fully saturated rings. The predicted molar refractivity (Wildman–Crippen MR) is 79.4 cm³/mol. The average Bonchev–Trinajstić information content (AvgIpc) is 2.50. The topological polar surface area (TPSA) is 58.6 Å². The number of benzene rings is 1. The third-order valence-corrected chi connectivity index (χ3v) is 3.25. The molecule has 0 radical (unpaired) electrons. The number of aliphatic hydroxyl groups is 1. The van der Waals surface area contributed by atoms with Crippen molar-refractivity contribution in [2.45, 2.75) is 31.9 Å². The zero-order valence-electron chi connectivity index (χ0n) is 12.1. The van der Waals surface area contributed by atoms with E-state index in [0.717, 1.165) is 12.0 Å². The molecule has 0 spiro atoms. The minimum Gasteiger partial charge on any atom is -0.469 e. The molecule has 0 saturated carbocycles. The molecule has 20 heavy (non-hydrogen) atoms. The van der Waals surface area contributed by atoms with Crippen LogP contribution >= 0.6 is 0 Å². The lowest BCUT2D eigenvalue weighted by Gasteiger charge is -2.23. The number of hydrogen-bond acceptors (Lipinski definition) is 4. The van der Waals surface area contributed by atoms with Crippen molar-refractivity contribution in [1.82, 2.24) is 5.32 Å². The molecule has 2 atom stereocenters. The SMILES string of the molecule is C=CCNC(CC(=O)OC)C(O)c1ccc(CC)cc1. The largest absolute Gasteiger partial charge is 0.469 e. The Kier molecular flexibility index (Phi) is 6.98. The molecule has 0 heterocycles. The summed E-state index contributed by atoms with van der Waals surface area (Å²) in [4.78, 5) is 11.4. The van der Waals surface area contributed by atoms with E-state index in [1.165, 1.54) is 12.7 Å². The zero-order valence-corrected chi connectivity index (χ0v) is 12.1. The first-order valence-corrected chi connectivity index (χ1v) is 6.80. The van der Waals surface area contributed by atoms with Gasteiger partial charge in [0.25, 0.3) is 0 Å². The average molecular weight is 277 g/mol. The zero-order chi connectivity index (χ0) is 15.0. The van der Waals surface area contributed by atoms with Crippen LogP contribution in [0.15, 0.2) is 36.9 Å². The van der Waals surface area contributed by atoms with E-state index in [9.17, 15) is 9.90 Å². The van der Waals surface area contributed by atoms with Gasteiger partial charge in [-0.1, -0.05) is 37.3 Å². The Bertz CT molecular complexity index is 428. The Morgan fingerprint density at radius 2 is 2.10 bits per heavy atom. The Morgan fingerprint density at radius 3 is 2.60 bits per heavy atom. The van der Waals surface area contributed by atoms with Gasteiger partial charge in [0.2, 0.25) is 0 Å². The van der Waals surface area contributed by atoms with Gasteiger partial charge >= 0.3 is 5.97 Å². The summed E-state index contributed by atoms with van der Waals surface area (Å²) in [6.07, 6.45) is 1.99. The minimum atomic E-state index is -0.764. The molecule has 1 rings (SSSR count). The molecular formula is C16H23NO3. The van der Waals surface area contributed by atoms with Crippen molar-refractivity contribution in [1.29, 1.82) is 0 Å². The van der Waals surface area contributed by atoms with E-state index in [4.69, 9.17) is 0 Å². The molecule has 0 aliphatic heterocycles. The van der Waals surface area contributed by atoms with Crippen molar-refractivity contribution in [3.63, 3.8) is 0 Å². The molecule has 4 nitrogen and oxygen atoms in total. The minimum absolute atomic E-state index is 0.112. The van der Waals surface area contributed by atoms with Crippen LogP contribution in [0.25, 0.3) is 0 Å². The molecule has 2 unspecified atom stereocenters. The molecule has 4 heteroatoms. The van der Waals surface area contributed by atoms with Crippen molar-refractivity contribution in [2.75, 3.05) is 13.7 Å². The van der Waals surface area contributed by atoms with Gasteiger partial charge in [-0.2, -0.15) is 0 Å². The second kappa shape index (κ2) is 8.51. The fourth-order valence-corrected chi connectivity index (χ4v) is 1.98. The maximum Gasteiger partial charge on any atom is 0.307 e. The number of ether oxygens (including phenoxy) is 1. The molecular weight excluding hydrogens is 254 g/mol. The second-order valence-corrected chi connectivity index (χ2v) is 4.62. The van der Waals surface area contributed by atoms with Crippen LogP contribution in [0.1, 0.15) is 30.6 Å². The molecule has 0 bridgehead atoms. The summed E-state index contributed by atoms with van der Waals surface area (Å²) >= 11 is 0. The number of esters is 1. The van der Waals surface area contributed by atoms with Crippen LogP contribution in [-0.4, -0.2) is 30.8 Å². The Labute approximate surface area is 120 Å². The van der Waals surface area contributed by atoms with Crippen LogP contribution in [0.4, 0.5) is 0 Å². The van der Waals surface area contributed by atoms with Gasteiger partial charge in [0.15, 0.2) is 0 Å². The van der Waals surface area contributed by atoms with Crippen molar-refractivity contribution >= 4 is 5.97 Å². The van der Waals surface area contributed by atoms with Gasteiger partial charge in [-0.25, -0.2) is 0 Å². The van der Waals surface area contributed by atoms with Gasteiger partial charge in [-0.15, -0.1) is 6.58 Å². The lowest BCUT2D eigenvalue weighted by atomic mass is 9.98. The van der Waals surface area contributed by atoms with E-state index in [-0.39, 0.29) is 12.4 Å². The second-order valence-electron chi connectivity index (χ2n) is 4.62. The summed E-state index contributed by atoms with van der Waals surface area (Å²) in [5.74, 6) is -0.351. The van der Waals surface area contributed by atoms with Gasteiger partial charge < -0.3 is 15.2 Å². The third-order valence-electron chi connectivity index (χ3n) is 3.25. The molecule has 0 saturated heterocycles. The van der Waals surface area contributed by atoms with Crippen LogP contribution in [-0.2, 0) is 16.0 Å². The summed E-state index contributed by atoms with van der Waals surface area (Å²) in [6, 6.07) is 7.36. The number of methoxy groups -OCH3 is 1. The molecule has 0 amide bonds. The number of carbonyl (C=O) groups is 1. The summed E-state index contributed by atoms with van der Waals surface area (Å²) in [5.41, 5.74) is 2.00. The number of carbonyl (C=O) groups excluding carboxylic acids is 1. The third kappa shape index (κ3) is 4.79. The first-order chi connectivity index (χ1) is 9.62. The molecule has 1 aromatic rings. The van der Waals surface area contributed by atoms with Gasteiger partial charge in [0.1, 0.15) is 0 Å². The molecule has 0 aliphatic rings. The number of nitrogens with one attached hydrogen (secondary N) is 1. The summed E-state index contributed by atoms with van der Waals surface area (Å²) < 4.78 is 4.67. The summed E-state index contributed by atoms with van der Waals surface area (Å²) in [7, 11) is 1.34. The highest BCUT2D eigenvalue weighted by molar-refractivity contribution is 5.70. The smallest absolute Gasteiger partial charge is 0.307 e. The van der Waals surface area contributed by atoms with Crippen LogP contribution in [0.5, 0.6) is 0 Å². The fraction of sp³-hybridized carbons (Fsp3) is 0.438. The first-order valence-electron chi connectivity index (χ1n) is 6.80. The standard InChI is InChI=1S/C16H23NO3/c1-4-10-17-14(11-15(18)20-3)16(19)13-8-6-12(5-2)7-9-13/h4,6-9,14,16-17,19H,1,5,10-11H2,2-3H3. The quantitative estimate of drug-likeness (QED) is 0.563. The Hall–Kier alpha value is -1.65. The molecule has 2 N–H and O–H groups in total. The summed E-state index contributed by atoms with van der Waals surface area (Å²) in [5, 5.41) is 13.5. The van der Waals surface area contributed by atoms with E-state index < -0.39 is 12.1 Å². The Balaban J connectivity index is 2.80. The van der Waals surface area contributed by atoms with Crippen LogP contribution in [0.2, 0.25) is 0 Å². The van der Waals surface area contributed by atoms with Crippen molar-refractivity contribution in [3.05, 3.63) is 48.0 Å². The molecule has 0 aliphatic carbocycles. The number of rotatable bonds is 8. The number of aryl methyl sites for hydroxylation is 1. The fourth-order valence-electron chi connectivity index (χ4n) is 1.98. The Morgan fingerprint density at radius 1 is 1.45 bits per heavy atom. The monoisotopic (exact) mass is 277 g/mol. The van der Waals surface area contributed by atoms with Gasteiger partial charge in [0, 0.05) is 12.6 Å². The first kappa shape index (κ1) is 16.4. The lowest BCUT2D eigenvalue weighted by Crippen LogP contribution is -2.37. The van der Waals surface area contributed by atoms with Crippen molar-refractivity contribution in [2.24, 2.45) is 0 Å². The normalized spacial score (nSPS) is 13.6. The highest BCUT2D eigenvalue weighted by Crippen LogP contribution is 2.20. The van der Waals surface area contributed by atoms with Gasteiger partial charge in [-0.3, -0.25) is 4.79 Å². The van der Waals surface area contributed by atoms with E-state index in [0.29, 0.717) is 6.54 Å².